The fourth-order valence-corrected chi connectivity index (χ4v) is 0.965. The Bertz CT molecular complexity index is 291. The SMILES string of the molecule is CC.CC.CC(CO)c1cc(F)c(F)c(F)c1. The third-order valence-corrected chi connectivity index (χ3v) is 1.85. The van der Waals surface area contributed by atoms with E-state index in [9.17, 15) is 13.2 Å². The minimum Gasteiger partial charge on any atom is -0.396 e. The van der Waals surface area contributed by atoms with Gasteiger partial charge in [0, 0.05) is 12.5 Å². The van der Waals surface area contributed by atoms with Gasteiger partial charge in [0.1, 0.15) is 0 Å². The first-order chi connectivity index (χ1) is 8.06. The van der Waals surface area contributed by atoms with Crippen LogP contribution in [-0.2, 0) is 0 Å². The Kier molecular flexibility index (Phi) is 10.9. The lowest BCUT2D eigenvalue weighted by molar-refractivity contribution is 0.272. The van der Waals surface area contributed by atoms with Gasteiger partial charge in [0.25, 0.3) is 0 Å². The molecular formula is C13H21F3O. The van der Waals surface area contributed by atoms with Crippen molar-refractivity contribution in [1.82, 2.24) is 0 Å². The summed E-state index contributed by atoms with van der Waals surface area (Å²) in [6.45, 7) is 9.36. The van der Waals surface area contributed by atoms with Crippen LogP contribution in [0.15, 0.2) is 12.1 Å². The molecule has 1 rings (SSSR count). The molecule has 0 spiro atoms. The number of aliphatic hydroxyl groups excluding tert-OH is 1. The summed E-state index contributed by atoms with van der Waals surface area (Å²) in [5.41, 5.74) is 0.249. The Morgan fingerprint density at radius 3 is 1.65 bits per heavy atom. The van der Waals surface area contributed by atoms with Gasteiger partial charge < -0.3 is 5.11 Å². The van der Waals surface area contributed by atoms with Crippen molar-refractivity contribution in [3.63, 3.8) is 0 Å². The number of hydrogen-bond donors (Lipinski definition) is 1. The molecule has 1 nitrogen and oxygen atoms in total. The molecule has 1 aromatic rings. The summed E-state index contributed by atoms with van der Waals surface area (Å²) in [5, 5.41) is 8.70. The average molecular weight is 250 g/mol. The summed E-state index contributed by atoms with van der Waals surface area (Å²) >= 11 is 0. The van der Waals surface area contributed by atoms with Crippen molar-refractivity contribution in [2.45, 2.75) is 40.5 Å². The molecular weight excluding hydrogens is 229 g/mol. The lowest BCUT2D eigenvalue weighted by Gasteiger charge is -2.08. The molecule has 0 aliphatic heterocycles. The van der Waals surface area contributed by atoms with Crippen LogP contribution in [0.25, 0.3) is 0 Å². The molecule has 17 heavy (non-hydrogen) atoms. The van der Waals surface area contributed by atoms with E-state index in [4.69, 9.17) is 5.11 Å². The lowest BCUT2D eigenvalue weighted by atomic mass is 10.0. The van der Waals surface area contributed by atoms with Crippen LogP contribution in [0.5, 0.6) is 0 Å². The zero-order valence-corrected chi connectivity index (χ0v) is 11.0. The molecule has 4 heteroatoms. The zero-order chi connectivity index (χ0) is 14.0. The number of aliphatic hydroxyl groups is 1. The van der Waals surface area contributed by atoms with E-state index in [0.717, 1.165) is 12.1 Å². The predicted octanol–water partition coefficient (Wildman–Crippen LogP) is 4.25. The molecule has 1 unspecified atom stereocenters. The first kappa shape index (κ1) is 18.3. The van der Waals surface area contributed by atoms with E-state index in [2.05, 4.69) is 0 Å². The third-order valence-electron chi connectivity index (χ3n) is 1.85. The molecule has 0 heterocycles. The summed E-state index contributed by atoms with van der Waals surface area (Å²) in [6.07, 6.45) is 0. The largest absolute Gasteiger partial charge is 0.396 e. The highest BCUT2D eigenvalue weighted by atomic mass is 19.2. The van der Waals surface area contributed by atoms with E-state index < -0.39 is 23.4 Å². The normalized spacial score (nSPS) is 10.6. The van der Waals surface area contributed by atoms with Gasteiger partial charge in [-0.3, -0.25) is 0 Å². The van der Waals surface area contributed by atoms with Crippen LogP contribution in [0.1, 0.15) is 46.1 Å². The second kappa shape index (κ2) is 10.1. The smallest absolute Gasteiger partial charge is 0.194 e. The van der Waals surface area contributed by atoms with Crippen LogP contribution in [0.4, 0.5) is 13.2 Å². The van der Waals surface area contributed by atoms with Crippen molar-refractivity contribution >= 4 is 0 Å². The van der Waals surface area contributed by atoms with Crippen LogP contribution >= 0.6 is 0 Å². The maximum Gasteiger partial charge on any atom is 0.194 e. The maximum absolute atomic E-state index is 12.6. The van der Waals surface area contributed by atoms with Crippen molar-refractivity contribution < 1.29 is 18.3 Å². The summed E-state index contributed by atoms with van der Waals surface area (Å²) in [7, 11) is 0. The molecule has 0 saturated heterocycles. The molecule has 100 valence electrons. The van der Waals surface area contributed by atoms with Crippen LogP contribution in [0, 0.1) is 17.5 Å². The van der Waals surface area contributed by atoms with Gasteiger partial charge in [0.05, 0.1) is 0 Å². The van der Waals surface area contributed by atoms with Crippen LogP contribution < -0.4 is 0 Å². The molecule has 0 radical (unpaired) electrons. The summed E-state index contributed by atoms with van der Waals surface area (Å²) in [4.78, 5) is 0. The van der Waals surface area contributed by atoms with Gasteiger partial charge in [-0.1, -0.05) is 34.6 Å². The van der Waals surface area contributed by atoms with E-state index in [0.29, 0.717) is 0 Å². The van der Waals surface area contributed by atoms with Crippen molar-refractivity contribution in [1.29, 1.82) is 0 Å². The highest BCUT2D eigenvalue weighted by Crippen LogP contribution is 2.19. The monoisotopic (exact) mass is 250 g/mol. The quantitative estimate of drug-likeness (QED) is 0.778. The number of benzene rings is 1. The van der Waals surface area contributed by atoms with Gasteiger partial charge in [-0.05, 0) is 17.7 Å². The second-order valence-corrected chi connectivity index (χ2v) is 2.88. The molecule has 0 aromatic heterocycles. The van der Waals surface area contributed by atoms with Crippen LogP contribution in [-0.4, -0.2) is 11.7 Å². The van der Waals surface area contributed by atoms with Crippen molar-refractivity contribution in [2.75, 3.05) is 6.61 Å². The molecule has 1 aromatic carbocycles. The van der Waals surface area contributed by atoms with Crippen molar-refractivity contribution in [3.8, 4) is 0 Å². The molecule has 0 saturated carbocycles. The van der Waals surface area contributed by atoms with Crippen LogP contribution in [0.2, 0.25) is 0 Å². The Labute approximate surface area is 101 Å². The van der Waals surface area contributed by atoms with E-state index in [-0.39, 0.29) is 12.2 Å². The molecule has 1 atom stereocenters. The molecule has 0 bridgehead atoms. The van der Waals surface area contributed by atoms with Gasteiger partial charge in [0.15, 0.2) is 17.5 Å². The highest BCUT2D eigenvalue weighted by Gasteiger charge is 2.13. The summed E-state index contributed by atoms with van der Waals surface area (Å²) < 4.78 is 37.7. The fourth-order valence-electron chi connectivity index (χ4n) is 0.965. The molecule has 0 amide bonds. The molecule has 0 fully saturated rings. The van der Waals surface area contributed by atoms with Crippen molar-refractivity contribution in [2.24, 2.45) is 0 Å². The minimum atomic E-state index is -1.48. The Morgan fingerprint density at radius 1 is 1.00 bits per heavy atom. The summed E-state index contributed by atoms with van der Waals surface area (Å²) in [5.74, 6) is -4.33. The fraction of sp³-hybridized carbons (Fsp3) is 0.538. The zero-order valence-electron chi connectivity index (χ0n) is 11.0. The Hall–Kier alpha value is -1.03. The maximum atomic E-state index is 12.6. The van der Waals surface area contributed by atoms with Gasteiger partial charge in [0.2, 0.25) is 0 Å². The number of halogens is 3. The number of hydrogen-bond acceptors (Lipinski definition) is 1. The second-order valence-electron chi connectivity index (χ2n) is 2.88. The van der Waals surface area contributed by atoms with Gasteiger partial charge >= 0.3 is 0 Å². The van der Waals surface area contributed by atoms with E-state index in [1.165, 1.54) is 0 Å². The van der Waals surface area contributed by atoms with Crippen LogP contribution in [0.3, 0.4) is 0 Å². The average Bonchev–Trinajstić information content (AvgIpc) is 2.39. The summed E-state index contributed by atoms with van der Waals surface area (Å²) in [6, 6.07) is 1.78. The first-order valence-electron chi connectivity index (χ1n) is 5.81. The Balaban J connectivity index is 0. The third kappa shape index (κ3) is 5.73. The van der Waals surface area contributed by atoms with E-state index in [1.54, 1.807) is 6.92 Å². The molecule has 0 aliphatic rings. The minimum absolute atomic E-state index is 0.232. The topological polar surface area (TPSA) is 20.2 Å². The Morgan fingerprint density at radius 2 is 1.35 bits per heavy atom. The lowest BCUT2D eigenvalue weighted by Crippen LogP contribution is -2.02. The predicted molar refractivity (Wildman–Crippen MR) is 64.5 cm³/mol. The van der Waals surface area contributed by atoms with Gasteiger partial charge in [-0.2, -0.15) is 0 Å². The van der Waals surface area contributed by atoms with Gasteiger partial charge in [-0.25, -0.2) is 13.2 Å². The first-order valence-corrected chi connectivity index (χ1v) is 5.81. The molecule has 0 aliphatic carbocycles. The van der Waals surface area contributed by atoms with E-state index >= 15 is 0 Å². The van der Waals surface area contributed by atoms with Gasteiger partial charge in [-0.15, -0.1) is 0 Å². The molecule has 1 N–H and O–H groups in total. The number of rotatable bonds is 2. The van der Waals surface area contributed by atoms with E-state index in [1.807, 2.05) is 27.7 Å². The standard InChI is InChI=1S/C9H9F3O.2C2H6/c1-5(4-13)6-2-7(10)9(12)8(11)3-6;2*1-2/h2-3,5,13H,4H2,1H3;2*1-2H3. The van der Waals surface area contributed by atoms with Crippen molar-refractivity contribution in [3.05, 3.63) is 35.1 Å². The highest BCUT2D eigenvalue weighted by molar-refractivity contribution is 5.22.